The Morgan fingerprint density at radius 2 is 1.79 bits per heavy atom. The Hall–Kier alpha value is -2.97. The van der Waals surface area contributed by atoms with Gasteiger partial charge in [0.05, 0.1) is 14.2 Å². The number of nitrogens with two attached hydrogens (primary N) is 1. The predicted octanol–water partition coefficient (Wildman–Crippen LogP) is 5.51. The molecule has 4 rings (SSSR count). The Labute approximate surface area is 230 Å². The monoisotopic (exact) mass is 541 g/mol. The van der Waals surface area contributed by atoms with E-state index in [1.807, 2.05) is 11.8 Å². The van der Waals surface area contributed by atoms with Crippen LogP contribution in [0.15, 0.2) is 42.0 Å². The van der Waals surface area contributed by atoms with Gasteiger partial charge in [0.1, 0.15) is 11.6 Å². The molecule has 212 valence electrons. The second-order valence-electron chi connectivity index (χ2n) is 11.0. The van der Waals surface area contributed by atoms with Crippen molar-refractivity contribution in [3.8, 4) is 11.5 Å². The normalized spacial score (nSPS) is 22.1. The molecule has 2 N–H and O–H groups in total. The van der Waals surface area contributed by atoms with E-state index in [1.54, 1.807) is 38.5 Å². The molecular weight excluding hydrogens is 500 g/mol. The van der Waals surface area contributed by atoms with Gasteiger partial charge in [0, 0.05) is 48.9 Å². The topological polar surface area (TPSA) is 68.0 Å². The first-order valence-corrected chi connectivity index (χ1v) is 13.9. The number of rotatable bonds is 10. The molecule has 2 aromatic carbocycles. The molecule has 6 nitrogen and oxygen atoms in total. The van der Waals surface area contributed by atoms with E-state index < -0.39 is 11.6 Å². The highest BCUT2D eigenvalue weighted by molar-refractivity contribution is 5.95. The molecule has 0 bridgehead atoms. The zero-order chi connectivity index (χ0) is 27.9. The van der Waals surface area contributed by atoms with Gasteiger partial charge in [-0.2, -0.15) is 0 Å². The lowest BCUT2D eigenvalue weighted by molar-refractivity contribution is 0.0708. The van der Waals surface area contributed by atoms with Crippen molar-refractivity contribution in [3.63, 3.8) is 0 Å². The summed E-state index contributed by atoms with van der Waals surface area (Å²) in [6.45, 7) is 4.82. The van der Waals surface area contributed by atoms with Crippen LogP contribution in [0.4, 0.5) is 8.78 Å². The third kappa shape index (κ3) is 7.57. The third-order valence-corrected chi connectivity index (χ3v) is 8.04. The van der Waals surface area contributed by atoms with Crippen LogP contribution in [0.3, 0.4) is 0 Å². The first-order valence-electron chi connectivity index (χ1n) is 13.9. The Bertz CT molecular complexity index is 1160. The SMILES string of the molecule is COc1ccc(C(=O)N(C/C(C)=C/c2ccc(F)cc2F)C[C@@H]2CCCN2CC2CCC(N)CC2)cc1OC. The minimum Gasteiger partial charge on any atom is -0.493 e. The molecule has 2 aliphatic rings. The van der Waals surface area contributed by atoms with Crippen LogP contribution < -0.4 is 15.2 Å². The first-order chi connectivity index (χ1) is 18.8. The van der Waals surface area contributed by atoms with E-state index in [4.69, 9.17) is 15.2 Å². The molecule has 2 aromatic rings. The molecule has 1 heterocycles. The summed E-state index contributed by atoms with van der Waals surface area (Å²) in [6.07, 6.45) is 8.28. The third-order valence-electron chi connectivity index (χ3n) is 8.04. The molecule has 0 radical (unpaired) electrons. The number of hydrogen-bond acceptors (Lipinski definition) is 5. The van der Waals surface area contributed by atoms with Crippen molar-refractivity contribution in [2.75, 3.05) is 40.4 Å². The summed E-state index contributed by atoms with van der Waals surface area (Å²) in [6, 6.07) is 9.28. The van der Waals surface area contributed by atoms with Gasteiger partial charge >= 0.3 is 0 Å². The maximum Gasteiger partial charge on any atom is 0.254 e. The van der Waals surface area contributed by atoms with Crippen molar-refractivity contribution in [2.24, 2.45) is 11.7 Å². The van der Waals surface area contributed by atoms with Gasteiger partial charge in [-0.3, -0.25) is 9.69 Å². The summed E-state index contributed by atoms with van der Waals surface area (Å²) in [5, 5.41) is 0. The largest absolute Gasteiger partial charge is 0.493 e. The van der Waals surface area contributed by atoms with E-state index in [1.165, 1.54) is 12.1 Å². The van der Waals surface area contributed by atoms with Crippen LogP contribution in [0.1, 0.15) is 61.4 Å². The van der Waals surface area contributed by atoms with Crippen molar-refractivity contribution in [1.82, 2.24) is 9.80 Å². The maximum absolute atomic E-state index is 14.3. The summed E-state index contributed by atoms with van der Waals surface area (Å²) in [5.41, 5.74) is 7.72. The molecule has 1 atom stereocenters. The van der Waals surface area contributed by atoms with Gasteiger partial charge in [-0.25, -0.2) is 8.78 Å². The molecule has 8 heteroatoms. The first kappa shape index (κ1) is 29.0. The Balaban J connectivity index is 1.55. The lowest BCUT2D eigenvalue weighted by Gasteiger charge is -2.35. The maximum atomic E-state index is 14.3. The number of carbonyl (C=O) groups is 1. The van der Waals surface area contributed by atoms with Crippen LogP contribution in [0.2, 0.25) is 0 Å². The second-order valence-corrected chi connectivity index (χ2v) is 11.0. The summed E-state index contributed by atoms with van der Waals surface area (Å²) in [5.74, 6) is 0.317. The van der Waals surface area contributed by atoms with Crippen molar-refractivity contribution in [2.45, 2.75) is 57.5 Å². The second kappa shape index (κ2) is 13.4. The fraction of sp³-hybridized carbons (Fsp3) is 0.516. The molecule has 0 unspecified atom stereocenters. The highest BCUT2D eigenvalue weighted by Crippen LogP contribution is 2.30. The average molecular weight is 542 g/mol. The van der Waals surface area contributed by atoms with E-state index in [0.29, 0.717) is 47.7 Å². The number of amides is 1. The lowest BCUT2D eigenvalue weighted by atomic mass is 9.86. The molecular formula is C31H41F2N3O3. The molecule has 1 saturated heterocycles. The molecule has 1 amide bonds. The molecule has 0 aromatic heterocycles. The van der Waals surface area contributed by atoms with Crippen LogP contribution in [-0.2, 0) is 0 Å². The molecule has 39 heavy (non-hydrogen) atoms. The number of hydrogen-bond donors (Lipinski definition) is 1. The molecule has 1 aliphatic heterocycles. The van der Waals surface area contributed by atoms with Crippen LogP contribution in [0.25, 0.3) is 6.08 Å². The highest BCUT2D eigenvalue weighted by atomic mass is 19.1. The number of ether oxygens (including phenoxy) is 2. The van der Waals surface area contributed by atoms with E-state index in [-0.39, 0.29) is 11.9 Å². The molecule has 2 fully saturated rings. The predicted molar refractivity (Wildman–Crippen MR) is 150 cm³/mol. The summed E-state index contributed by atoms with van der Waals surface area (Å²) in [7, 11) is 3.10. The Morgan fingerprint density at radius 3 is 2.49 bits per heavy atom. The highest BCUT2D eigenvalue weighted by Gasteiger charge is 2.31. The van der Waals surface area contributed by atoms with Crippen LogP contribution >= 0.6 is 0 Å². The molecule has 0 spiro atoms. The van der Waals surface area contributed by atoms with Gasteiger partial charge in [-0.15, -0.1) is 0 Å². The smallest absolute Gasteiger partial charge is 0.254 e. The lowest BCUT2D eigenvalue weighted by Crippen LogP contribution is -2.45. The van der Waals surface area contributed by atoms with Crippen LogP contribution in [-0.4, -0.2) is 68.2 Å². The summed E-state index contributed by atoms with van der Waals surface area (Å²) >= 11 is 0. The average Bonchev–Trinajstić information content (AvgIpc) is 3.36. The van der Waals surface area contributed by atoms with Crippen molar-refractivity contribution in [1.29, 1.82) is 0 Å². The fourth-order valence-electron chi connectivity index (χ4n) is 5.90. The minimum atomic E-state index is -0.624. The zero-order valence-corrected chi connectivity index (χ0v) is 23.3. The summed E-state index contributed by atoms with van der Waals surface area (Å²) < 4.78 is 38.5. The molecule has 1 aliphatic carbocycles. The summed E-state index contributed by atoms with van der Waals surface area (Å²) in [4.78, 5) is 18.3. The number of benzene rings is 2. The fourth-order valence-corrected chi connectivity index (χ4v) is 5.90. The van der Waals surface area contributed by atoms with E-state index in [0.717, 1.165) is 63.3 Å². The van der Waals surface area contributed by atoms with Crippen LogP contribution in [0, 0.1) is 17.6 Å². The quantitative estimate of drug-likeness (QED) is 0.430. The van der Waals surface area contributed by atoms with Crippen molar-refractivity contribution < 1.29 is 23.0 Å². The van der Waals surface area contributed by atoms with Gasteiger partial charge in [0.2, 0.25) is 0 Å². The minimum absolute atomic E-state index is 0.126. The van der Waals surface area contributed by atoms with Gasteiger partial charge in [0.15, 0.2) is 11.5 Å². The van der Waals surface area contributed by atoms with Gasteiger partial charge in [-0.05, 0) is 88.2 Å². The number of halogens is 2. The van der Waals surface area contributed by atoms with Crippen molar-refractivity contribution in [3.05, 3.63) is 64.7 Å². The Morgan fingerprint density at radius 1 is 1.05 bits per heavy atom. The van der Waals surface area contributed by atoms with Crippen molar-refractivity contribution >= 4 is 12.0 Å². The number of likely N-dealkylation sites (tertiary alicyclic amines) is 1. The van der Waals surface area contributed by atoms with Gasteiger partial charge < -0.3 is 20.1 Å². The standard InChI is InChI=1S/C31H41F2N3O3/c1-21(15-23-8-10-25(32)17-28(23)33)18-36(31(37)24-9-13-29(38-2)30(16-24)39-3)20-27-5-4-14-35(27)19-22-6-11-26(34)12-7-22/h8-10,13,15-17,22,26-27H,4-7,11-12,14,18-20,34H2,1-3H3/b21-15+/t22?,26?,27-/m0/s1. The zero-order valence-electron chi connectivity index (χ0n) is 23.3. The Kier molecular flexibility index (Phi) is 9.97. The van der Waals surface area contributed by atoms with E-state index in [9.17, 15) is 13.6 Å². The number of nitrogens with zero attached hydrogens (tertiary/aromatic N) is 2. The molecule has 1 saturated carbocycles. The van der Waals surface area contributed by atoms with Crippen LogP contribution in [0.5, 0.6) is 11.5 Å². The van der Waals surface area contributed by atoms with E-state index in [2.05, 4.69) is 4.90 Å². The number of carbonyl (C=O) groups excluding carboxylic acids is 1. The van der Waals surface area contributed by atoms with E-state index >= 15 is 0 Å². The number of methoxy groups -OCH3 is 2. The van der Waals surface area contributed by atoms with Gasteiger partial charge in [-0.1, -0.05) is 11.6 Å². The van der Waals surface area contributed by atoms with Gasteiger partial charge in [0.25, 0.3) is 5.91 Å².